The van der Waals surface area contributed by atoms with Crippen molar-refractivity contribution in [3.63, 3.8) is 0 Å². The Kier molecular flexibility index (Phi) is 21.7. The van der Waals surface area contributed by atoms with Gasteiger partial charge in [0.2, 0.25) is 17.8 Å². The van der Waals surface area contributed by atoms with E-state index in [0.717, 1.165) is 0 Å². The summed E-state index contributed by atoms with van der Waals surface area (Å²) < 4.78 is 0. The fraction of sp³-hybridized carbons (Fsp3) is 0.512. The zero-order chi connectivity index (χ0) is 52.6. The largest absolute Gasteiger partial charge is 0.481 e. The van der Waals surface area contributed by atoms with Crippen molar-refractivity contribution < 1.29 is 94.5 Å². The summed E-state index contributed by atoms with van der Waals surface area (Å²) in [5.41, 5.74) is 5.68. The standard InChI is InChI=1S/C41H55N9O20/c1-2-16(38(65)66)9-24(54)28(33(61)32(60)26(56)15-52)48-27(57)11-23(40(69)70)47-36(63)21(30(58)31(59)25(55)14-51)10-20(53)7-8-22(39(67)68)46-35(62)17-3-5-18(6-4-17)43-12-19-13-44-34-29(45-19)37(64)50-41(42)49-34/h3-6,13,16,21-23,25-26,28,30-33,43,51-52,55-56,58-61H,2,7-12,14-15H2,1H3,(H,46,62)(H,47,63)(H,48,57)(H,65,66)(H,67,68)(H,69,70)(H3,42,44,49,50,64)/t16-,21+,22+,23+,25-,26-,28-,30-,31-,32-,33-/m1/s1. The number of carboxylic acid groups (broad SMARTS) is 3. The molecule has 1 aromatic carbocycles. The van der Waals surface area contributed by atoms with Gasteiger partial charge >= 0.3 is 17.9 Å². The van der Waals surface area contributed by atoms with Crippen LogP contribution in [0.15, 0.2) is 35.3 Å². The molecule has 3 rings (SSSR count). The van der Waals surface area contributed by atoms with Gasteiger partial charge in [-0.15, -0.1) is 0 Å². The molecule has 0 saturated heterocycles. The molecule has 0 aliphatic carbocycles. The Labute approximate surface area is 394 Å². The molecule has 29 heteroatoms. The summed E-state index contributed by atoms with van der Waals surface area (Å²) in [5, 5.41) is 119. The predicted octanol–water partition coefficient (Wildman–Crippen LogP) is -5.89. The smallest absolute Gasteiger partial charge is 0.326 e. The number of carbonyl (C=O) groups is 8. The number of nitrogens with one attached hydrogen (secondary N) is 5. The number of nitrogen functional groups attached to an aromatic ring is 1. The second kappa shape index (κ2) is 26.6. The van der Waals surface area contributed by atoms with Crippen LogP contribution in [0.4, 0.5) is 11.6 Å². The van der Waals surface area contributed by atoms with Crippen molar-refractivity contribution in [3.8, 4) is 0 Å². The number of ketones is 2. The SMILES string of the molecule is CC[C@H](CC(=O)[C@@H](NC(=O)C[C@H](NC(=O)[C@@H](CC(=O)CC[C@H](NC(=O)c1ccc(NCc2cnc3nc(N)[nH]c(=O)c3n2)cc1)C(=O)O)[C@@H](O)[C@H](O)[C@H](O)CO)C(=O)O)[C@@H](O)[C@H](O)[C@H](O)CO)C(=O)O. The molecule has 0 saturated carbocycles. The van der Waals surface area contributed by atoms with Gasteiger partial charge in [0.1, 0.15) is 54.4 Å². The molecule has 0 spiro atoms. The van der Waals surface area contributed by atoms with E-state index < -0.39 is 165 Å². The first-order valence-electron chi connectivity index (χ1n) is 21.2. The van der Waals surface area contributed by atoms with E-state index >= 15 is 0 Å². The number of H-pyrrole nitrogens is 1. The number of rotatable bonds is 30. The van der Waals surface area contributed by atoms with Gasteiger partial charge in [-0.2, -0.15) is 4.98 Å². The highest BCUT2D eigenvalue weighted by atomic mass is 16.4. The molecule has 0 radical (unpaired) electrons. The third kappa shape index (κ3) is 16.3. The summed E-state index contributed by atoms with van der Waals surface area (Å²) in [7, 11) is 0. The highest BCUT2D eigenvalue weighted by molar-refractivity contribution is 5.97. The van der Waals surface area contributed by atoms with Crippen LogP contribution in [0.5, 0.6) is 0 Å². The van der Waals surface area contributed by atoms with Gasteiger partial charge in [-0.3, -0.25) is 38.5 Å². The maximum Gasteiger partial charge on any atom is 0.326 e. The van der Waals surface area contributed by atoms with Crippen LogP contribution in [0.3, 0.4) is 0 Å². The number of amides is 3. The molecule has 0 fully saturated rings. The van der Waals surface area contributed by atoms with Gasteiger partial charge < -0.3 is 83.2 Å². The Morgan fingerprint density at radius 3 is 1.89 bits per heavy atom. The monoisotopic (exact) mass is 993 g/mol. The molecule has 3 amide bonds. The number of carboxylic acids is 3. The lowest BCUT2D eigenvalue weighted by Crippen LogP contribution is -2.57. The van der Waals surface area contributed by atoms with Crippen LogP contribution in [-0.2, 0) is 40.1 Å². The summed E-state index contributed by atoms with van der Waals surface area (Å²) >= 11 is 0. The average molecular weight is 994 g/mol. The Morgan fingerprint density at radius 2 is 1.33 bits per heavy atom. The molecule has 0 aliphatic heterocycles. The lowest BCUT2D eigenvalue weighted by atomic mass is 9.88. The number of aliphatic hydroxyl groups excluding tert-OH is 8. The summed E-state index contributed by atoms with van der Waals surface area (Å²) in [5.74, 6) is -14.8. The molecule has 2 heterocycles. The van der Waals surface area contributed by atoms with Crippen molar-refractivity contribution in [2.45, 2.75) is 107 Å². The van der Waals surface area contributed by atoms with Crippen LogP contribution < -0.4 is 32.6 Å². The Bertz CT molecular complexity index is 2400. The Hall–Kier alpha value is -7.12. The molecule has 3 aromatic rings. The van der Waals surface area contributed by atoms with E-state index in [-0.39, 0.29) is 35.6 Å². The first kappa shape index (κ1) is 57.2. The number of benzene rings is 1. The molecular weight excluding hydrogens is 938 g/mol. The van der Waals surface area contributed by atoms with Crippen LogP contribution in [0, 0.1) is 11.8 Å². The zero-order valence-corrected chi connectivity index (χ0v) is 37.1. The van der Waals surface area contributed by atoms with Crippen LogP contribution >= 0.6 is 0 Å². The lowest BCUT2D eigenvalue weighted by molar-refractivity contribution is -0.149. The summed E-state index contributed by atoms with van der Waals surface area (Å²) in [4.78, 5) is 129. The number of anilines is 2. The first-order chi connectivity index (χ1) is 32.9. The Morgan fingerprint density at radius 1 is 0.729 bits per heavy atom. The number of nitrogens with two attached hydrogens (primary N) is 1. The number of hydrogen-bond acceptors (Lipinski definition) is 22. The third-order valence-electron chi connectivity index (χ3n) is 10.8. The van der Waals surface area contributed by atoms with Crippen molar-refractivity contribution in [2.24, 2.45) is 11.8 Å². The van der Waals surface area contributed by atoms with Crippen molar-refractivity contribution in [3.05, 3.63) is 52.1 Å². The number of nitrogens with zero attached hydrogens (tertiary/aromatic N) is 3. The van der Waals surface area contributed by atoms with Crippen LogP contribution in [-0.4, -0.2) is 191 Å². The predicted molar refractivity (Wildman–Crippen MR) is 235 cm³/mol. The topological polar surface area (TPSA) is 505 Å². The van der Waals surface area contributed by atoms with E-state index in [9.17, 15) is 99.3 Å². The second-order valence-corrected chi connectivity index (χ2v) is 15.9. The van der Waals surface area contributed by atoms with Crippen LogP contribution in [0.25, 0.3) is 11.2 Å². The van der Waals surface area contributed by atoms with Gasteiger partial charge in [0.25, 0.3) is 11.5 Å². The number of aliphatic carboxylic acids is 3. The van der Waals surface area contributed by atoms with Gasteiger partial charge in [0, 0.05) is 30.5 Å². The molecule has 70 heavy (non-hydrogen) atoms. The number of aromatic amines is 1. The number of aromatic nitrogens is 4. The molecule has 11 atom stereocenters. The molecule has 0 aliphatic rings. The molecule has 0 bridgehead atoms. The maximum absolute atomic E-state index is 13.6. The molecular formula is C41H55N9O20. The highest BCUT2D eigenvalue weighted by Gasteiger charge is 2.41. The van der Waals surface area contributed by atoms with Gasteiger partial charge in [-0.05, 0) is 37.1 Å². The van der Waals surface area contributed by atoms with E-state index in [1.165, 1.54) is 37.4 Å². The van der Waals surface area contributed by atoms with E-state index in [1.54, 1.807) is 0 Å². The highest BCUT2D eigenvalue weighted by Crippen LogP contribution is 2.20. The van der Waals surface area contributed by atoms with Crippen LogP contribution in [0.2, 0.25) is 0 Å². The van der Waals surface area contributed by atoms with E-state index in [2.05, 4.69) is 30.6 Å². The van der Waals surface area contributed by atoms with Crippen molar-refractivity contribution in [1.82, 2.24) is 35.9 Å². The van der Waals surface area contributed by atoms with Gasteiger partial charge in [0.05, 0.1) is 56.0 Å². The Balaban J connectivity index is 1.72. The van der Waals surface area contributed by atoms with Gasteiger partial charge in [-0.1, -0.05) is 6.92 Å². The molecule has 29 nitrogen and oxygen atoms in total. The summed E-state index contributed by atoms with van der Waals surface area (Å²) in [6, 6.07) is -0.671. The summed E-state index contributed by atoms with van der Waals surface area (Å²) in [6.45, 7) is -0.858. The molecule has 18 N–H and O–H groups in total. The number of fused-ring (bicyclic) bond motifs is 1. The minimum Gasteiger partial charge on any atom is -0.481 e. The van der Waals surface area contributed by atoms with Crippen molar-refractivity contribution >= 4 is 70.0 Å². The van der Waals surface area contributed by atoms with Crippen molar-refractivity contribution in [1.29, 1.82) is 0 Å². The second-order valence-electron chi connectivity index (χ2n) is 15.9. The molecule has 0 unspecified atom stereocenters. The average Bonchev–Trinajstić information content (AvgIpc) is 3.32. The van der Waals surface area contributed by atoms with E-state index in [1.807, 2.05) is 10.6 Å². The van der Waals surface area contributed by atoms with E-state index in [0.29, 0.717) is 11.4 Å². The fourth-order valence-corrected chi connectivity index (χ4v) is 6.64. The normalized spacial score (nSPS) is 16.1. The fourth-order valence-electron chi connectivity index (χ4n) is 6.64. The summed E-state index contributed by atoms with van der Waals surface area (Å²) in [6.07, 6.45) is -17.1. The first-order valence-corrected chi connectivity index (χ1v) is 21.2. The maximum atomic E-state index is 13.6. The number of Topliss-reactive ketones (excluding diaryl/α,β-unsaturated/α-hetero) is 2. The van der Waals surface area contributed by atoms with E-state index in [4.69, 9.17) is 5.73 Å². The van der Waals surface area contributed by atoms with Gasteiger partial charge in [0.15, 0.2) is 16.9 Å². The zero-order valence-electron chi connectivity index (χ0n) is 37.1. The number of aliphatic hydroxyl groups is 8. The minimum atomic E-state index is -2.44. The number of carbonyl (C=O) groups excluding carboxylic acids is 5. The molecule has 2 aromatic heterocycles. The quantitative estimate of drug-likeness (QED) is 0.0296. The van der Waals surface area contributed by atoms with Gasteiger partial charge in [-0.25, -0.2) is 19.6 Å². The van der Waals surface area contributed by atoms with Crippen LogP contribution in [0.1, 0.15) is 61.5 Å². The lowest BCUT2D eigenvalue weighted by Gasteiger charge is -2.30. The van der Waals surface area contributed by atoms with Crippen molar-refractivity contribution in [2.75, 3.05) is 24.3 Å². The molecule has 384 valence electrons. The number of hydrogen-bond donors (Lipinski definition) is 17. The third-order valence-corrected chi connectivity index (χ3v) is 10.8. The minimum absolute atomic E-state index is 0.0264.